The van der Waals surface area contributed by atoms with E-state index in [1.165, 1.54) is 11.6 Å². The van der Waals surface area contributed by atoms with Crippen LogP contribution < -0.4 is 9.64 Å². The van der Waals surface area contributed by atoms with Gasteiger partial charge in [0.1, 0.15) is 17.7 Å². The van der Waals surface area contributed by atoms with Gasteiger partial charge < -0.3 is 9.64 Å². The maximum absolute atomic E-state index is 12.8. The number of fused-ring (bicyclic) bond motifs is 2. The van der Waals surface area contributed by atoms with Gasteiger partial charge in [0, 0.05) is 36.7 Å². The molecule has 3 heterocycles. The van der Waals surface area contributed by atoms with Crippen molar-refractivity contribution in [2.75, 3.05) is 4.90 Å². The third kappa shape index (κ3) is 4.32. The lowest BCUT2D eigenvalue weighted by molar-refractivity contribution is -0.137. The van der Waals surface area contributed by atoms with Crippen molar-refractivity contribution in [1.29, 1.82) is 0 Å². The Labute approximate surface area is 175 Å². The Bertz CT molecular complexity index is 894. The van der Waals surface area contributed by atoms with Crippen LogP contribution in [0.25, 0.3) is 6.08 Å². The van der Waals surface area contributed by atoms with Crippen LogP contribution in [-0.2, 0) is 6.18 Å². The minimum atomic E-state index is -4.36. The fraction of sp³-hybridized carbons (Fsp3) is 0.458. The molecule has 30 heavy (non-hydrogen) atoms. The SMILES string of the molecule is CC/C=C/c1cc(C)ccc1O[C@H]1C[C@H]2CC[C@@H](C1)N2c1ccc(C(F)(F)F)cn1. The lowest BCUT2D eigenvalue weighted by atomic mass is 9.99. The molecule has 2 bridgehead atoms. The predicted octanol–water partition coefficient (Wildman–Crippen LogP) is 6.41. The van der Waals surface area contributed by atoms with Crippen LogP contribution in [0.2, 0.25) is 0 Å². The van der Waals surface area contributed by atoms with E-state index in [0.29, 0.717) is 5.82 Å². The van der Waals surface area contributed by atoms with Crippen LogP contribution in [0.15, 0.2) is 42.6 Å². The van der Waals surface area contributed by atoms with Gasteiger partial charge in [-0.2, -0.15) is 13.2 Å². The second kappa shape index (κ2) is 8.32. The van der Waals surface area contributed by atoms with E-state index >= 15 is 0 Å². The van der Waals surface area contributed by atoms with Crippen molar-refractivity contribution in [3.8, 4) is 5.75 Å². The molecule has 2 saturated heterocycles. The zero-order valence-electron chi connectivity index (χ0n) is 17.3. The summed E-state index contributed by atoms with van der Waals surface area (Å²) in [6.07, 6.45) is 5.63. The van der Waals surface area contributed by atoms with Gasteiger partial charge in [-0.05, 0) is 50.5 Å². The molecule has 0 N–H and O–H groups in total. The Kier molecular flexibility index (Phi) is 5.76. The van der Waals surface area contributed by atoms with Gasteiger partial charge in [-0.15, -0.1) is 0 Å². The molecule has 3 atom stereocenters. The van der Waals surface area contributed by atoms with E-state index in [4.69, 9.17) is 4.74 Å². The number of ether oxygens (including phenoxy) is 1. The summed E-state index contributed by atoms with van der Waals surface area (Å²) in [6, 6.07) is 9.37. The quantitative estimate of drug-likeness (QED) is 0.563. The lowest BCUT2D eigenvalue weighted by Gasteiger charge is -2.40. The highest BCUT2D eigenvalue weighted by Crippen LogP contribution is 2.41. The summed E-state index contributed by atoms with van der Waals surface area (Å²) in [5.74, 6) is 1.53. The zero-order valence-corrected chi connectivity index (χ0v) is 17.3. The lowest BCUT2D eigenvalue weighted by Crippen LogP contribution is -2.46. The molecule has 1 aromatic carbocycles. The number of halogens is 3. The second-order valence-corrected chi connectivity index (χ2v) is 8.26. The van der Waals surface area contributed by atoms with Crippen LogP contribution in [0.5, 0.6) is 5.75 Å². The molecule has 160 valence electrons. The molecule has 0 aliphatic carbocycles. The number of rotatable bonds is 5. The van der Waals surface area contributed by atoms with E-state index in [1.54, 1.807) is 0 Å². The van der Waals surface area contributed by atoms with Crippen LogP contribution in [0.3, 0.4) is 0 Å². The van der Waals surface area contributed by atoms with Crippen molar-refractivity contribution in [1.82, 2.24) is 4.98 Å². The molecule has 1 aromatic heterocycles. The first-order valence-corrected chi connectivity index (χ1v) is 10.6. The number of pyridine rings is 1. The van der Waals surface area contributed by atoms with Gasteiger partial charge >= 0.3 is 6.18 Å². The third-order valence-electron chi connectivity index (χ3n) is 6.02. The van der Waals surface area contributed by atoms with Crippen molar-refractivity contribution < 1.29 is 17.9 Å². The van der Waals surface area contributed by atoms with Gasteiger partial charge in [0.05, 0.1) is 5.56 Å². The van der Waals surface area contributed by atoms with Gasteiger partial charge in [0.25, 0.3) is 0 Å². The third-order valence-corrected chi connectivity index (χ3v) is 6.02. The number of piperidine rings is 1. The monoisotopic (exact) mass is 416 g/mol. The molecule has 2 aromatic rings. The number of aryl methyl sites for hydroxylation is 1. The average molecular weight is 416 g/mol. The Hall–Kier alpha value is -2.50. The number of hydrogen-bond donors (Lipinski definition) is 0. The number of nitrogens with zero attached hydrogens (tertiary/aromatic N) is 2. The smallest absolute Gasteiger partial charge is 0.417 e. The van der Waals surface area contributed by atoms with Gasteiger partial charge in [-0.3, -0.25) is 0 Å². The summed E-state index contributed by atoms with van der Waals surface area (Å²) in [5.41, 5.74) is 1.58. The van der Waals surface area contributed by atoms with E-state index in [0.717, 1.165) is 55.7 Å². The van der Waals surface area contributed by atoms with Crippen LogP contribution >= 0.6 is 0 Å². The first-order valence-electron chi connectivity index (χ1n) is 10.6. The van der Waals surface area contributed by atoms with Crippen molar-refractivity contribution in [3.63, 3.8) is 0 Å². The highest BCUT2D eigenvalue weighted by Gasteiger charge is 2.42. The van der Waals surface area contributed by atoms with Crippen LogP contribution in [-0.4, -0.2) is 23.2 Å². The highest BCUT2D eigenvalue weighted by molar-refractivity contribution is 5.58. The van der Waals surface area contributed by atoms with Crippen LogP contribution in [0.4, 0.5) is 19.0 Å². The Balaban J connectivity index is 1.48. The maximum Gasteiger partial charge on any atom is 0.417 e. The van der Waals surface area contributed by atoms with E-state index in [-0.39, 0.29) is 18.2 Å². The molecular formula is C24H27F3N2O. The van der Waals surface area contributed by atoms with Gasteiger partial charge in [-0.25, -0.2) is 4.98 Å². The molecule has 6 heteroatoms. The molecule has 2 aliphatic heterocycles. The molecule has 0 unspecified atom stereocenters. The van der Waals surface area contributed by atoms with E-state index in [2.05, 4.69) is 48.0 Å². The number of aromatic nitrogens is 1. The van der Waals surface area contributed by atoms with Crippen LogP contribution in [0, 0.1) is 6.92 Å². The molecule has 0 spiro atoms. The van der Waals surface area contributed by atoms with Gasteiger partial charge in [0.2, 0.25) is 0 Å². The summed E-state index contributed by atoms with van der Waals surface area (Å²) in [4.78, 5) is 6.33. The molecule has 0 saturated carbocycles. The Morgan fingerprint density at radius 2 is 1.87 bits per heavy atom. The standard InChI is InChI=1S/C24H27F3N2O/c1-3-4-5-17-12-16(2)6-10-22(17)30-21-13-19-8-9-20(14-21)29(19)23-11-7-18(15-28-23)24(25,26)27/h4-7,10-12,15,19-21H,3,8-9,13-14H2,1-2H3/b5-4+/t19-,20+,21+. The fourth-order valence-electron chi connectivity index (χ4n) is 4.63. The van der Waals surface area contributed by atoms with Crippen molar-refractivity contribution in [2.24, 2.45) is 0 Å². The first-order chi connectivity index (χ1) is 14.3. The van der Waals surface area contributed by atoms with Crippen molar-refractivity contribution in [3.05, 3.63) is 59.3 Å². The van der Waals surface area contributed by atoms with E-state index < -0.39 is 11.7 Å². The number of benzene rings is 1. The minimum absolute atomic E-state index is 0.102. The fourth-order valence-corrected chi connectivity index (χ4v) is 4.63. The molecule has 3 nitrogen and oxygen atoms in total. The van der Waals surface area contributed by atoms with Crippen molar-refractivity contribution >= 4 is 11.9 Å². The summed E-state index contributed by atoms with van der Waals surface area (Å²) < 4.78 is 45.0. The summed E-state index contributed by atoms with van der Waals surface area (Å²) in [5, 5.41) is 0. The number of anilines is 1. The Morgan fingerprint density at radius 1 is 1.13 bits per heavy atom. The molecule has 0 radical (unpaired) electrons. The van der Waals surface area contributed by atoms with Crippen LogP contribution in [0.1, 0.15) is 55.7 Å². The summed E-state index contributed by atoms with van der Waals surface area (Å²) >= 11 is 0. The largest absolute Gasteiger partial charge is 0.490 e. The zero-order chi connectivity index (χ0) is 21.3. The van der Waals surface area contributed by atoms with E-state index in [9.17, 15) is 13.2 Å². The number of alkyl halides is 3. The maximum atomic E-state index is 12.8. The topological polar surface area (TPSA) is 25.4 Å². The molecule has 2 fully saturated rings. The van der Waals surface area contributed by atoms with Crippen molar-refractivity contribution in [2.45, 2.75) is 70.3 Å². The minimum Gasteiger partial charge on any atom is -0.490 e. The summed E-state index contributed by atoms with van der Waals surface area (Å²) in [7, 11) is 0. The number of hydrogen-bond acceptors (Lipinski definition) is 3. The predicted molar refractivity (Wildman–Crippen MR) is 113 cm³/mol. The van der Waals surface area contributed by atoms with Gasteiger partial charge in [0.15, 0.2) is 0 Å². The first kappa shape index (κ1) is 20.8. The molecule has 4 rings (SSSR count). The average Bonchev–Trinajstić information content (AvgIpc) is 2.98. The molecule has 0 amide bonds. The summed E-state index contributed by atoms with van der Waals surface area (Å²) in [6.45, 7) is 4.18. The van der Waals surface area contributed by atoms with Gasteiger partial charge in [-0.1, -0.05) is 30.7 Å². The second-order valence-electron chi connectivity index (χ2n) is 8.26. The molecular weight excluding hydrogens is 389 g/mol. The highest BCUT2D eigenvalue weighted by atomic mass is 19.4. The normalized spacial score (nSPS) is 23.9. The Morgan fingerprint density at radius 3 is 2.47 bits per heavy atom. The number of allylic oxidation sites excluding steroid dienone is 1. The molecule has 2 aliphatic rings. The van der Waals surface area contributed by atoms with E-state index in [1.807, 2.05) is 6.07 Å².